The van der Waals surface area contributed by atoms with Crippen molar-refractivity contribution >= 4 is 23.4 Å². The zero-order chi connectivity index (χ0) is 14.1. The summed E-state index contributed by atoms with van der Waals surface area (Å²) in [5, 5.41) is 0.274. The molecular weight excluding hydrogens is 278 g/mol. The molecule has 0 fully saturated rings. The Morgan fingerprint density at radius 1 is 1.15 bits per heavy atom. The fourth-order valence-electron chi connectivity index (χ4n) is 2.14. The number of halogens is 1. The monoisotopic (exact) mass is 287 g/mol. The van der Waals surface area contributed by atoms with Gasteiger partial charge in [0, 0.05) is 5.56 Å². The van der Waals surface area contributed by atoms with E-state index in [1.165, 1.54) is 17.3 Å². The molecule has 0 saturated carbocycles. The lowest BCUT2D eigenvalue weighted by Crippen LogP contribution is -2.41. The van der Waals surface area contributed by atoms with Crippen molar-refractivity contribution in [3.05, 3.63) is 58.6 Å². The Hall–Kier alpha value is -2.27. The van der Waals surface area contributed by atoms with Crippen LogP contribution in [0.4, 0.5) is 0 Å². The summed E-state index contributed by atoms with van der Waals surface area (Å²) in [6.45, 7) is 0.107. The summed E-state index contributed by atoms with van der Waals surface area (Å²) in [6, 6.07) is 7.13. The quantitative estimate of drug-likeness (QED) is 0.791. The predicted octanol–water partition coefficient (Wildman–Crippen LogP) is 1.86. The first-order valence-electron chi connectivity index (χ1n) is 6.04. The minimum Gasteiger partial charge on any atom is -0.274 e. The molecule has 2 heterocycles. The molecule has 0 radical (unpaired) electrons. The van der Waals surface area contributed by atoms with E-state index >= 15 is 0 Å². The van der Waals surface area contributed by atoms with Crippen LogP contribution in [0.2, 0.25) is 5.15 Å². The van der Waals surface area contributed by atoms with Crippen LogP contribution in [0.15, 0.2) is 36.7 Å². The van der Waals surface area contributed by atoms with Crippen molar-refractivity contribution in [2.75, 3.05) is 0 Å². The Labute approximate surface area is 120 Å². The summed E-state index contributed by atoms with van der Waals surface area (Å²) >= 11 is 5.66. The highest BCUT2D eigenvalue weighted by molar-refractivity contribution is 6.29. The first kappa shape index (κ1) is 12.7. The topological polar surface area (TPSA) is 63.2 Å². The number of fused-ring (bicyclic) bond motifs is 1. The van der Waals surface area contributed by atoms with Gasteiger partial charge in [0.05, 0.1) is 31.1 Å². The maximum atomic E-state index is 12.3. The molecule has 0 aliphatic carbocycles. The molecule has 6 heteroatoms. The molecule has 0 unspecified atom stereocenters. The van der Waals surface area contributed by atoms with Crippen molar-refractivity contribution in [3.8, 4) is 0 Å². The molecule has 0 bridgehead atoms. The van der Waals surface area contributed by atoms with Gasteiger partial charge in [-0.25, -0.2) is 4.98 Å². The summed E-state index contributed by atoms with van der Waals surface area (Å²) in [6.07, 6.45) is 3.08. The SMILES string of the molecule is O=C1Cc2ccccc2C(=O)N1Cc1cnc(Cl)cn1. The highest BCUT2D eigenvalue weighted by Crippen LogP contribution is 2.20. The number of rotatable bonds is 2. The average molecular weight is 288 g/mol. The molecule has 1 aromatic heterocycles. The predicted molar refractivity (Wildman–Crippen MR) is 72.1 cm³/mol. The van der Waals surface area contributed by atoms with Gasteiger partial charge in [0.2, 0.25) is 5.91 Å². The normalized spacial score (nSPS) is 14.3. The molecular formula is C14H10ClN3O2. The molecule has 0 atom stereocenters. The van der Waals surface area contributed by atoms with Gasteiger partial charge in [-0.15, -0.1) is 0 Å². The zero-order valence-electron chi connectivity index (χ0n) is 10.4. The lowest BCUT2D eigenvalue weighted by Gasteiger charge is -2.26. The largest absolute Gasteiger partial charge is 0.274 e. The van der Waals surface area contributed by atoms with Crippen LogP contribution in [-0.2, 0) is 17.8 Å². The Morgan fingerprint density at radius 2 is 1.95 bits per heavy atom. The molecule has 20 heavy (non-hydrogen) atoms. The Balaban J connectivity index is 1.89. The van der Waals surface area contributed by atoms with Gasteiger partial charge in [0.1, 0.15) is 5.15 Å². The number of aromatic nitrogens is 2. The average Bonchev–Trinajstić information content (AvgIpc) is 2.45. The number of amides is 2. The Bertz CT molecular complexity index is 685. The lowest BCUT2D eigenvalue weighted by atomic mass is 9.98. The van der Waals surface area contributed by atoms with Crippen molar-refractivity contribution in [1.82, 2.24) is 14.9 Å². The van der Waals surface area contributed by atoms with Crippen LogP contribution in [0, 0.1) is 0 Å². The van der Waals surface area contributed by atoms with Crippen molar-refractivity contribution < 1.29 is 9.59 Å². The third kappa shape index (κ3) is 2.28. The number of nitrogens with zero attached hydrogens (tertiary/aromatic N) is 3. The fourth-order valence-corrected chi connectivity index (χ4v) is 2.24. The number of imide groups is 1. The van der Waals surface area contributed by atoms with E-state index in [0.29, 0.717) is 11.3 Å². The molecule has 2 aromatic rings. The van der Waals surface area contributed by atoms with Gasteiger partial charge in [-0.1, -0.05) is 29.8 Å². The maximum absolute atomic E-state index is 12.3. The molecule has 1 aromatic carbocycles. The van der Waals surface area contributed by atoms with E-state index in [4.69, 9.17) is 11.6 Å². The minimum absolute atomic E-state index is 0.107. The van der Waals surface area contributed by atoms with Crippen molar-refractivity contribution in [2.45, 2.75) is 13.0 Å². The van der Waals surface area contributed by atoms with E-state index in [9.17, 15) is 9.59 Å². The van der Waals surface area contributed by atoms with Crippen LogP contribution in [-0.4, -0.2) is 26.7 Å². The van der Waals surface area contributed by atoms with Gasteiger partial charge >= 0.3 is 0 Å². The Kier molecular flexibility index (Phi) is 3.20. The van der Waals surface area contributed by atoms with Gasteiger partial charge in [-0.3, -0.25) is 19.5 Å². The molecule has 1 aliphatic rings. The summed E-state index contributed by atoms with van der Waals surface area (Å²) in [5.74, 6) is -0.529. The third-order valence-corrected chi connectivity index (χ3v) is 3.32. The van der Waals surface area contributed by atoms with Crippen LogP contribution < -0.4 is 0 Å². The number of benzene rings is 1. The standard InChI is InChI=1S/C14H10ClN3O2/c15-12-7-16-10(6-17-12)8-18-13(19)5-9-3-1-2-4-11(9)14(18)20/h1-4,6-7H,5,8H2. The molecule has 3 rings (SSSR count). The molecule has 0 spiro atoms. The van der Waals surface area contributed by atoms with Crippen LogP contribution >= 0.6 is 11.6 Å². The fraction of sp³-hybridized carbons (Fsp3) is 0.143. The van der Waals surface area contributed by atoms with Gasteiger partial charge in [-0.2, -0.15) is 0 Å². The van der Waals surface area contributed by atoms with Crippen LogP contribution in [0.5, 0.6) is 0 Å². The zero-order valence-corrected chi connectivity index (χ0v) is 11.2. The van der Waals surface area contributed by atoms with E-state index in [-0.39, 0.29) is 29.9 Å². The van der Waals surface area contributed by atoms with Crippen molar-refractivity contribution in [3.63, 3.8) is 0 Å². The summed E-state index contributed by atoms with van der Waals surface area (Å²) in [7, 11) is 0. The number of carbonyl (C=O) groups excluding carboxylic acids is 2. The molecule has 0 saturated heterocycles. The summed E-state index contributed by atoms with van der Waals surface area (Å²) < 4.78 is 0. The molecule has 0 N–H and O–H groups in total. The second-order valence-electron chi connectivity index (χ2n) is 4.45. The smallest absolute Gasteiger partial charge is 0.261 e. The highest BCUT2D eigenvalue weighted by atomic mass is 35.5. The highest BCUT2D eigenvalue weighted by Gasteiger charge is 2.30. The summed E-state index contributed by atoms with van der Waals surface area (Å²) in [5.41, 5.74) is 1.85. The maximum Gasteiger partial charge on any atom is 0.261 e. The minimum atomic E-state index is -0.298. The second kappa shape index (κ2) is 5.02. The molecule has 100 valence electrons. The molecule has 2 amide bonds. The Morgan fingerprint density at radius 3 is 2.70 bits per heavy atom. The van der Waals surface area contributed by atoms with Gasteiger partial charge in [0.15, 0.2) is 0 Å². The van der Waals surface area contributed by atoms with Gasteiger partial charge < -0.3 is 0 Å². The third-order valence-electron chi connectivity index (χ3n) is 3.13. The van der Waals surface area contributed by atoms with E-state index in [2.05, 4.69) is 9.97 Å². The number of hydrogen-bond donors (Lipinski definition) is 0. The van der Waals surface area contributed by atoms with Gasteiger partial charge in [0.25, 0.3) is 5.91 Å². The second-order valence-corrected chi connectivity index (χ2v) is 4.84. The van der Waals surface area contributed by atoms with E-state index in [0.717, 1.165) is 5.56 Å². The van der Waals surface area contributed by atoms with Crippen LogP contribution in [0.3, 0.4) is 0 Å². The number of carbonyl (C=O) groups is 2. The molecule has 1 aliphatic heterocycles. The van der Waals surface area contributed by atoms with Crippen molar-refractivity contribution in [1.29, 1.82) is 0 Å². The lowest BCUT2D eigenvalue weighted by molar-refractivity contribution is -0.128. The van der Waals surface area contributed by atoms with Crippen molar-refractivity contribution in [2.24, 2.45) is 0 Å². The first-order chi connectivity index (χ1) is 9.65. The van der Waals surface area contributed by atoms with E-state index < -0.39 is 0 Å². The van der Waals surface area contributed by atoms with Gasteiger partial charge in [-0.05, 0) is 11.6 Å². The van der Waals surface area contributed by atoms with Crippen LogP contribution in [0.1, 0.15) is 21.6 Å². The van der Waals surface area contributed by atoms with E-state index in [1.54, 1.807) is 18.2 Å². The van der Waals surface area contributed by atoms with Crippen LogP contribution in [0.25, 0.3) is 0 Å². The summed E-state index contributed by atoms with van der Waals surface area (Å²) in [4.78, 5) is 33.5. The van der Waals surface area contributed by atoms with E-state index in [1.807, 2.05) is 6.07 Å². The first-order valence-corrected chi connectivity index (χ1v) is 6.42. The number of hydrogen-bond acceptors (Lipinski definition) is 4. The molecule has 5 nitrogen and oxygen atoms in total.